The molecule has 0 aliphatic heterocycles. The van der Waals surface area contributed by atoms with Crippen LogP contribution in [0.25, 0.3) is 0 Å². The van der Waals surface area contributed by atoms with Gasteiger partial charge in [0.2, 0.25) is 20.8 Å². The molecule has 0 rings (SSSR count). The Morgan fingerprint density at radius 1 is 0.371 bits per heavy atom. The van der Waals surface area contributed by atoms with E-state index in [1.54, 1.807) is 0 Å². The molecule has 0 unspecified atom stereocenters. The van der Waals surface area contributed by atoms with Gasteiger partial charge in [-0.25, -0.2) is 71.5 Å². The maximum Gasteiger partial charge on any atom is 1.00 e. The second kappa shape index (κ2) is 109. The van der Waals surface area contributed by atoms with Crippen LogP contribution in [0.15, 0.2) is 12.0 Å². The molecule has 0 spiro atoms. The van der Waals surface area contributed by atoms with Crippen molar-refractivity contribution in [1.29, 1.82) is 0 Å². The molecular formula is C52H131Na4O32S9-. The molecule has 45 heteroatoms. The van der Waals surface area contributed by atoms with Crippen LogP contribution in [0.2, 0.25) is 0 Å². The molecular weight excluding hydrogens is 1520 g/mol. The maximum atomic E-state index is 10.4. The van der Waals surface area contributed by atoms with E-state index in [0.717, 1.165) is 30.4 Å². The molecule has 0 aliphatic rings. The minimum atomic E-state index is -4.76. The van der Waals surface area contributed by atoms with E-state index in [2.05, 4.69) is 117 Å². The third-order valence-electron chi connectivity index (χ3n) is 7.95. The molecule has 0 radical (unpaired) electrons. The van der Waals surface area contributed by atoms with Crippen molar-refractivity contribution >= 4 is 96.7 Å². The summed E-state index contributed by atoms with van der Waals surface area (Å²) in [6, 6.07) is 0. The van der Waals surface area contributed by atoms with Crippen LogP contribution in [0.1, 0.15) is 208 Å². The van der Waals surface area contributed by atoms with Crippen molar-refractivity contribution in [2.75, 3.05) is 114 Å². The molecule has 0 aromatic heterocycles. The molecule has 0 saturated carbocycles. The van der Waals surface area contributed by atoms with E-state index >= 15 is 0 Å². The fourth-order valence-corrected chi connectivity index (χ4v) is 6.74. The molecule has 32 nitrogen and oxygen atoms in total. The molecule has 0 bridgehead atoms. The summed E-state index contributed by atoms with van der Waals surface area (Å²) in [7, 11) is -29.4. The summed E-state index contributed by atoms with van der Waals surface area (Å²) in [5.41, 5.74) is 0. The average Bonchev–Trinajstić information content (AvgIpc) is 3.36. The van der Waals surface area contributed by atoms with Gasteiger partial charge in [0, 0.05) is 57.2 Å². The molecule has 590 valence electrons. The molecule has 0 amide bonds. The van der Waals surface area contributed by atoms with Gasteiger partial charge in [-0.05, 0) is 0 Å². The molecule has 6 N–H and O–H groups in total. The monoisotopic (exact) mass is 1650 g/mol. The van der Waals surface area contributed by atoms with Crippen LogP contribution >= 0.6 is 0 Å². The van der Waals surface area contributed by atoms with Gasteiger partial charge >= 0.3 is 129 Å². The second-order valence-electron chi connectivity index (χ2n) is 18.2. The number of carbonyl (C=O) groups is 1. The minimum absolute atomic E-state index is 0. The Morgan fingerprint density at radius 3 is 0.567 bits per heavy atom. The van der Waals surface area contributed by atoms with Crippen LogP contribution in [0.5, 0.6) is 0 Å². The fourth-order valence-electron chi connectivity index (χ4n) is 3.46. The average molecular weight is 1650 g/mol. The number of sulfone groups is 6. The Morgan fingerprint density at radius 2 is 0.505 bits per heavy atom. The Bertz CT molecular complexity index is 2170. The van der Waals surface area contributed by atoms with Crippen LogP contribution < -0.4 is 123 Å². The number of rotatable bonds is 32. The van der Waals surface area contributed by atoms with E-state index < -0.39 is 127 Å². The van der Waals surface area contributed by atoms with Gasteiger partial charge in [-0.1, -0.05) is 213 Å². The third kappa shape index (κ3) is 333. The van der Waals surface area contributed by atoms with Crippen molar-refractivity contribution < 1.29 is 262 Å². The minimum Gasteiger partial charge on any atom is -1.00 e. The quantitative estimate of drug-likeness (QED) is 0.0164. The van der Waals surface area contributed by atoms with Gasteiger partial charge in [-0.3, -0.25) is 17.7 Å². The van der Waals surface area contributed by atoms with E-state index in [1.807, 2.05) is 0 Å². The number of hydrogen-bond acceptors (Lipinski definition) is 29. The van der Waals surface area contributed by atoms with Crippen LogP contribution in [0.3, 0.4) is 0 Å². The summed E-state index contributed by atoms with van der Waals surface area (Å²) >= 11 is 0. The van der Waals surface area contributed by atoms with E-state index in [9.17, 15) is 84.9 Å². The van der Waals surface area contributed by atoms with Gasteiger partial charge in [-0.15, -0.1) is 0 Å². The molecule has 0 aliphatic carbocycles. The first-order valence-electron chi connectivity index (χ1n) is 28.4. The van der Waals surface area contributed by atoms with Gasteiger partial charge in [0.15, 0.2) is 9.84 Å². The summed E-state index contributed by atoms with van der Waals surface area (Å²) in [5.74, 6) is -1.16. The Balaban J connectivity index is -0.0000000321. The van der Waals surface area contributed by atoms with Crippen molar-refractivity contribution in [2.45, 2.75) is 206 Å². The molecule has 0 aromatic rings. The molecule has 0 heterocycles. The zero-order valence-electron chi connectivity index (χ0n) is 63.7. The number of methoxy groups -OCH3 is 2. The van der Waals surface area contributed by atoms with Crippen molar-refractivity contribution in [3.8, 4) is 0 Å². The molecule has 0 saturated heterocycles. The van der Waals surface area contributed by atoms with Crippen molar-refractivity contribution in [1.82, 2.24) is 0 Å². The third-order valence-corrected chi connectivity index (χ3v) is 14.5. The summed E-state index contributed by atoms with van der Waals surface area (Å²) in [6.45, 7) is 28.2. The first kappa shape index (κ1) is 156. The van der Waals surface area contributed by atoms with Crippen LogP contribution in [0, 0.1) is 0 Å². The summed E-state index contributed by atoms with van der Waals surface area (Å²) in [5, 5.41) is 9.34. The number of hydrogen-bond donors (Lipinski definition) is 1. The van der Waals surface area contributed by atoms with Gasteiger partial charge in [0.05, 0.1) is 61.8 Å². The molecule has 0 atom stereocenters. The summed E-state index contributed by atoms with van der Waals surface area (Å²) in [6.07, 6.45) is 30.7. The summed E-state index contributed by atoms with van der Waals surface area (Å²) in [4.78, 5) is 11.2. The van der Waals surface area contributed by atoms with Crippen molar-refractivity contribution in [3.63, 3.8) is 0 Å². The van der Waals surface area contributed by atoms with Gasteiger partial charge < -0.3 is 46.6 Å². The smallest absolute Gasteiger partial charge is 1.00 e. The van der Waals surface area contributed by atoms with Crippen LogP contribution in [0.4, 0.5) is 0 Å². The fraction of sp³-hybridized carbons (Fsp3) is 0.942. The predicted molar refractivity (Wildman–Crippen MR) is 371 cm³/mol. The standard InChI is InChI=1S/6C5H12.2C4H10O3S.3C3H8O6S2.C3H6O2S.CH2O3.CH4.4Na.3H2O.H/c6*1-3-5-4-2;2*1-7-3-4-8(2,5)6;3*1-10(4,5)3-2-9-11(6,7)8;1-3-6(2,4)5;2-1-4-3;;;;;;;;;/h6*3-5H2,1-2H3;2*3-4H2,1-2H3;3*2-3H2,1H3,(H,6,7,8);3H,1H2,2H3;1,3H;1H4;;;;;3*1H2;/q;;;;;;;;;;;;;;4*+1;;;;-1/p-4. The predicted octanol–water partition coefficient (Wildman–Crippen LogP) is -6.05. The van der Waals surface area contributed by atoms with Crippen molar-refractivity contribution in [3.05, 3.63) is 12.0 Å². The van der Waals surface area contributed by atoms with Gasteiger partial charge in [-0.2, -0.15) is 8.42 Å². The molecule has 97 heavy (non-hydrogen) atoms. The summed E-state index contributed by atoms with van der Waals surface area (Å²) < 4.78 is 229. The number of carbonyl (C=O) groups excluding carboxylic acids is 1. The SMILES string of the molecule is C.C=CS(C)(=O)=O.CCCCC.CCCCC.CCCCC.CCCCC.CCCCC.CCCCC.COCCS(C)(=O)=O.COCCS(C)(=O)=O.CS(=O)(=O)CCOS(=O)(=O)O.CS(=O)(=O)CCOS(=O)(=O)[O-].CS(=O)(=O)CCOS(=O)(=O)[O-].O.O.O=CO[O-].[H-].[Na+].[Na+].[Na+].[Na+].[OH-]. The number of ether oxygens (including phenoxy) is 2. The van der Waals surface area contributed by atoms with Gasteiger partial charge in [0.1, 0.15) is 49.2 Å². The Kier molecular flexibility index (Phi) is 176. The van der Waals surface area contributed by atoms with E-state index in [0.29, 0.717) is 13.2 Å². The normalized spacial score (nSPS) is 9.94. The maximum absolute atomic E-state index is 10.4. The first-order valence-corrected chi connectivity index (χ1v) is 44.7. The Hall–Kier alpha value is 2.28. The van der Waals surface area contributed by atoms with Crippen LogP contribution in [-0.2, 0) is 122 Å². The zero-order valence-corrected chi connectivity index (χ0v) is 78.0. The van der Waals surface area contributed by atoms with E-state index in [1.165, 1.54) is 142 Å². The number of unbranched alkanes of at least 4 members (excludes halogenated alkanes) is 12. The van der Waals surface area contributed by atoms with E-state index in [-0.39, 0.29) is 161 Å². The molecule has 0 fully saturated rings. The zero-order chi connectivity index (χ0) is 74.0. The topological polar surface area (TPSA) is 562 Å². The van der Waals surface area contributed by atoms with Crippen LogP contribution in [-0.4, -0.2) is 226 Å². The first-order chi connectivity index (χ1) is 40.2. The Labute approximate surface area is 682 Å². The molecule has 0 aromatic carbocycles. The van der Waals surface area contributed by atoms with Crippen molar-refractivity contribution in [2.24, 2.45) is 0 Å². The largest absolute Gasteiger partial charge is 1.00 e. The van der Waals surface area contributed by atoms with Gasteiger partial charge in [0.25, 0.3) is 6.47 Å². The second-order valence-corrected chi connectivity index (χ2v) is 34.6. The van der Waals surface area contributed by atoms with E-state index in [4.69, 9.17) is 14.6 Å².